The number of nitrogens with one attached hydrogen (secondary N) is 1. The van der Waals surface area contributed by atoms with Gasteiger partial charge >= 0.3 is 6.03 Å². The number of pyridine rings is 1. The zero-order valence-corrected chi connectivity index (χ0v) is 12.9. The minimum absolute atomic E-state index is 0.102. The van der Waals surface area contributed by atoms with Crippen LogP contribution in [-0.4, -0.2) is 52.9 Å². The molecule has 0 bridgehead atoms. The molecule has 1 N–H and O–H groups in total. The maximum Gasteiger partial charge on any atom is 0.321 e. The molecule has 1 aliphatic carbocycles. The average molecular weight is 302 g/mol. The molecule has 1 saturated heterocycles. The van der Waals surface area contributed by atoms with Gasteiger partial charge in [0.05, 0.1) is 0 Å². The van der Waals surface area contributed by atoms with Crippen LogP contribution in [0.3, 0.4) is 0 Å². The zero-order chi connectivity index (χ0) is 15.5. The largest absolute Gasteiger partial charge is 0.341 e. The highest BCUT2D eigenvalue weighted by Gasteiger charge is 2.34. The van der Waals surface area contributed by atoms with Crippen molar-refractivity contribution in [2.75, 3.05) is 31.5 Å². The Balaban J connectivity index is 1.57. The Morgan fingerprint density at radius 1 is 1.18 bits per heavy atom. The van der Waals surface area contributed by atoms with Gasteiger partial charge < -0.3 is 15.1 Å². The Labute approximate surface area is 130 Å². The molecule has 22 heavy (non-hydrogen) atoms. The average Bonchev–Trinajstić information content (AvgIpc) is 3.35. The Morgan fingerprint density at radius 3 is 2.64 bits per heavy atom. The van der Waals surface area contributed by atoms with E-state index in [2.05, 4.69) is 10.3 Å². The van der Waals surface area contributed by atoms with Crippen LogP contribution < -0.4 is 5.32 Å². The first-order chi connectivity index (χ1) is 10.6. The second-order valence-electron chi connectivity index (χ2n) is 6.06. The fraction of sp³-hybridized carbons (Fsp3) is 0.562. The van der Waals surface area contributed by atoms with Crippen LogP contribution >= 0.6 is 0 Å². The lowest BCUT2D eigenvalue weighted by molar-refractivity contribution is -0.132. The van der Waals surface area contributed by atoms with E-state index >= 15 is 0 Å². The third-order valence-electron chi connectivity index (χ3n) is 4.28. The van der Waals surface area contributed by atoms with Crippen LogP contribution in [-0.2, 0) is 4.79 Å². The molecule has 3 rings (SSSR count). The predicted octanol–water partition coefficient (Wildman–Crippen LogP) is 1.87. The van der Waals surface area contributed by atoms with E-state index < -0.39 is 0 Å². The summed E-state index contributed by atoms with van der Waals surface area (Å²) in [5.41, 5.74) is 1.73. The number of amides is 3. The van der Waals surface area contributed by atoms with Crippen LogP contribution in [0.4, 0.5) is 10.5 Å². The molecule has 6 nitrogen and oxygen atoms in total. The van der Waals surface area contributed by atoms with Crippen LogP contribution in [0, 0.1) is 12.8 Å². The molecule has 3 amide bonds. The summed E-state index contributed by atoms with van der Waals surface area (Å²) in [7, 11) is 0. The lowest BCUT2D eigenvalue weighted by Gasteiger charge is -2.22. The summed E-state index contributed by atoms with van der Waals surface area (Å²) in [6, 6.07) is 1.70. The number of carbonyl (C=O) groups excluding carboxylic acids is 2. The molecule has 2 heterocycles. The minimum Gasteiger partial charge on any atom is -0.341 e. The summed E-state index contributed by atoms with van der Waals surface area (Å²) in [5, 5.41) is 2.93. The number of anilines is 1. The Bertz CT molecular complexity index is 571. The zero-order valence-electron chi connectivity index (χ0n) is 12.9. The quantitative estimate of drug-likeness (QED) is 0.907. The van der Waals surface area contributed by atoms with Gasteiger partial charge in [-0.05, 0) is 37.8 Å². The molecule has 0 unspecified atom stereocenters. The van der Waals surface area contributed by atoms with Crippen molar-refractivity contribution in [1.29, 1.82) is 0 Å². The maximum atomic E-state index is 12.4. The summed E-state index contributed by atoms with van der Waals surface area (Å²) in [4.78, 5) is 32.2. The fourth-order valence-electron chi connectivity index (χ4n) is 2.74. The van der Waals surface area contributed by atoms with Crippen molar-refractivity contribution >= 4 is 17.6 Å². The molecule has 1 aromatic heterocycles. The highest BCUT2D eigenvalue weighted by atomic mass is 16.2. The molecule has 0 aromatic carbocycles. The molecule has 1 aromatic rings. The van der Waals surface area contributed by atoms with Gasteiger partial charge in [-0.15, -0.1) is 0 Å². The number of rotatable bonds is 2. The summed E-state index contributed by atoms with van der Waals surface area (Å²) in [6.45, 7) is 4.59. The van der Waals surface area contributed by atoms with E-state index in [1.807, 2.05) is 11.8 Å². The van der Waals surface area contributed by atoms with E-state index in [-0.39, 0.29) is 17.9 Å². The monoisotopic (exact) mass is 302 g/mol. The van der Waals surface area contributed by atoms with Gasteiger partial charge in [0, 0.05) is 50.2 Å². The van der Waals surface area contributed by atoms with Crippen molar-refractivity contribution in [3.8, 4) is 0 Å². The van der Waals surface area contributed by atoms with Gasteiger partial charge in [0.15, 0.2) is 0 Å². The number of urea groups is 1. The molecular weight excluding hydrogens is 280 g/mol. The molecule has 6 heteroatoms. The van der Waals surface area contributed by atoms with Crippen molar-refractivity contribution in [3.63, 3.8) is 0 Å². The van der Waals surface area contributed by atoms with Crippen molar-refractivity contribution in [3.05, 3.63) is 24.0 Å². The molecule has 2 aliphatic rings. The van der Waals surface area contributed by atoms with Crippen molar-refractivity contribution in [2.24, 2.45) is 5.92 Å². The van der Waals surface area contributed by atoms with Gasteiger partial charge in [-0.2, -0.15) is 0 Å². The highest BCUT2D eigenvalue weighted by molar-refractivity contribution is 5.90. The Hall–Kier alpha value is -2.11. The highest BCUT2D eigenvalue weighted by Crippen LogP contribution is 2.31. The van der Waals surface area contributed by atoms with Gasteiger partial charge in [-0.25, -0.2) is 4.79 Å². The van der Waals surface area contributed by atoms with Gasteiger partial charge in [0.25, 0.3) is 0 Å². The van der Waals surface area contributed by atoms with Gasteiger partial charge in [0.2, 0.25) is 5.91 Å². The molecular formula is C16H22N4O2. The maximum absolute atomic E-state index is 12.4. The lowest BCUT2D eigenvalue weighted by Crippen LogP contribution is -2.39. The van der Waals surface area contributed by atoms with Crippen molar-refractivity contribution < 1.29 is 9.59 Å². The summed E-state index contributed by atoms with van der Waals surface area (Å²) in [6.07, 6.45) is 6.29. The fourth-order valence-corrected chi connectivity index (χ4v) is 2.74. The number of hydrogen-bond acceptors (Lipinski definition) is 3. The standard InChI is InChI=1S/C16H22N4O2/c1-12-11-17-6-5-14(12)18-16(22)20-8-2-7-19(9-10-20)15(21)13-3-4-13/h5-6,11,13H,2-4,7-10H2,1H3,(H,17,18,22). The first-order valence-corrected chi connectivity index (χ1v) is 7.90. The Kier molecular flexibility index (Phi) is 4.27. The molecule has 1 saturated carbocycles. The van der Waals surface area contributed by atoms with Crippen LogP contribution in [0.1, 0.15) is 24.8 Å². The van der Waals surface area contributed by atoms with Gasteiger partial charge in [-0.3, -0.25) is 9.78 Å². The molecule has 0 spiro atoms. The Morgan fingerprint density at radius 2 is 1.91 bits per heavy atom. The number of hydrogen-bond donors (Lipinski definition) is 1. The molecule has 0 radical (unpaired) electrons. The normalized spacial score (nSPS) is 18.8. The van der Waals surface area contributed by atoms with Crippen molar-refractivity contribution in [1.82, 2.24) is 14.8 Å². The van der Waals surface area contributed by atoms with Gasteiger partial charge in [0.1, 0.15) is 0 Å². The lowest BCUT2D eigenvalue weighted by atomic mass is 10.2. The molecule has 2 fully saturated rings. The number of aromatic nitrogens is 1. The SMILES string of the molecule is Cc1cnccc1NC(=O)N1CCCN(C(=O)C2CC2)CC1. The summed E-state index contributed by atoms with van der Waals surface area (Å²) in [5.74, 6) is 0.520. The molecule has 0 atom stereocenters. The smallest absolute Gasteiger partial charge is 0.321 e. The number of nitrogens with zero attached hydrogens (tertiary/aromatic N) is 3. The predicted molar refractivity (Wildman–Crippen MR) is 83.5 cm³/mol. The minimum atomic E-state index is -0.102. The van der Waals surface area contributed by atoms with E-state index in [1.165, 1.54) is 0 Å². The van der Waals surface area contributed by atoms with Gasteiger partial charge in [-0.1, -0.05) is 0 Å². The van der Waals surface area contributed by atoms with Crippen LogP contribution in [0.5, 0.6) is 0 Å². The van der Waals surface area contributed by atoms with Crippen LogP contribution in [0.15, 0.2) is 18.5 Å². The van der Waals surface area contributed by atoms with Crippen LogP contribution in [0.25, 0.3) is 0 Å². The van der Waals surface area contributed by atoms with E-state index in [0.29, 0.717) is 19.6 Å². The second-order valence-corrected chi connectivity index (χ2v) is 6.06. The number of aryl methyl sites for hydroxylation is 1. The second kappa shape index (κ2) is 6.34. The first-order valence-electron chi connectivity index (χ1n) is 7.90. The third kappa shape index (κ3) is 3.37. The topological polar surface area (TPSA) is 65.5 Å². The number of carbonyl (C=O) groups is 2. The van der Waals surface area contributed by atoms with E-state index in [4.69, 9.17) is 0 Å². The van der Waals surface area contributed by atoms with E-state index in [1.54, 1.807) is 23.4 Å². The van der Waals surface area contributed by atoms with E-state index in [9.17, 15) is 9.59 Å². The van der Waals surface area contributed by atoms with E-state index in [0.717, 1.165) is 37.1 Å². The summed E-state index contributed by atoms with van der Waals surface area (Å²) >= 11 is 0. The first kappa shape index (κ1) is 14.8. The third-order valence-corrected chi connectivity index (χ3v) is 4.28. The summed E-state index contributed by atoms with van der Waals surface area (Å²) < 4.78 is 0. The van der Waals surface area contributed by atoms with Crippen molar-refractivity contribution in [2.45, 2.75) is 26.2 Å². The molecule has 1 aliphatic heterocycles. The van der Waals surface area contributed by atoms with Crippen LogP contribution in [0.2, 0.25) is 0 Å². The molecule has 118 valence electrons.